The van der Waals surface area contributed by atoms with Gasteiger partial charge in [-0.2, -0.15) is 0 Å². The number of aromatic nitrogens is 3. The topological polar surface area (TPSA) is 68.2 Å². The Hall–Kier alpha value is -1.86. The Morgan fingerprint density at radius 1 is 1.48 bits per heavy atom. The number of rotatable bonds is 5. The Bertz CT molecular complexity index is 751. The number of aryl methyl sites for hydroxylation is 1. The van der Waals surface area contributed by atoms with Gasteiger partial charge >= 0.3 is 0 Å². The molecule has 3 heterocycles. The highest BCUT2D eigenvalue weighted by molar-refractivity contribution is 7.09. The maximum absolute atomic E-state index is 12.7. The summed E-state index contributed by atoms with van der Waals surface area (Å²) in [5, 5.41) is 3.12. The normalized spacial score (nSPS) is 25.3. The van der Waals surface area contributed by atoms with Gasteiger partial charge in [-0.25, -0.2) is 9.97 Å². The lowest BCUT2D eigenvalue weighted by Crippen LogP contribution is -2.35. The maximum atomic E-state index is 12.7. The van der Waals surface area contributed by atoms with Crippen molar-refractivity contribution in [3.05, 3.63) is 40.4 Å². The van der Waals surface area contributed by atoms with Gasteiger partial charge in [0.15, 0.2) is 0 Å². The fourth-order valence-electron chi connectivity index (χ4n) is 4.21. The summed E-state index contributed by atoms with van der Waals surface area (Å²) in [6, 6.07) is 0. The number of fused-ring (bicyclic) bond motifs is 1. The Labute approximate surface area is 151 Å². The van der Waals surface area contributed by atoms with Crippen molar-refractivity contribution in [3.63, 3.8) is 0 Å². The van der Waals surface area contributed by atoms with E-state index in [0.717, 1.165) is 30.2 Å². The van der Waals surface area contributed by atoms with Crippen molar-refractivity contribution >= 4 is 17.2 Å². The van der Waals surface area contributed by atoms with Crippen LogP contribution in [-0.4, -0.2) is 45.5 Å². The lowest BCUT2D eigenvalue weighted by atomic mass is 9.81. The van der Waals surface area contributed by atoms with Crippen molar-refractivity contribution in [1.29, 1.82) is 0 Å². The quantitative estimate of drug-likeness (QED) is 0.822. The summed E-state index contributed by atoms with van der Waals surface area (Å²) >= 11 is 1.65. The monoisotopic (exact) mass is 358 g/mol. The molecule has 0 unspecified atom stereocenters. The number of thiazole rings is 1. The molecule has 2 fully saturated rings. The zero-order valence-corrected chi connectivity index (χ0v) is 15.2. The molecule has 1 saturated heterocycles. The minimum atomic E-state index is -0.0167. The summed E-state index contributed by atoms with van der Waals surface area (Å²) in [7, 11) is 0. The van der Waals surface area contributed by atoms with Gasteiger partial charge in [0.25, 0.3) is 5.91 Å². The number of nitrogens with zero attached hydrogens (tertiary/aromatic N) is 4. The molecular formula is C18H22N4O2S. The second kappa shape index (κ2) is 6.80. The van der Waals surface area contributed by atoms with E-state index in [9.17, 15) is 4.79 Å². The molecule has 0 N–H and O–H groups in total. The second-order valence-electron chi connectivity index (χ2n) is 7.08. The van der Waals surface area contributed by atoms with Crippen LogP contribution in [0.25, 0.3) is 0 Å². The third-order valence-corrected chi connectivity index (χ3v) is 6.24. The van der Waals surface area contributed by atoms with Crippen LogP contribution in [0, 0.1) is 18.3 Å². The van der Waals surface area contributed by atoms with Crippen LogP contribution in [0.15, 0.2) is 24.0 Å². The first-order valence-electron chi connectivity index (χ1n) is 8.70. The first-order valence-corrected chi connectivity index (χ1v) is 9.58. The van der Waals surface area contributed by atoms with E-state index in [4.69, 9.17) is 4.74 Å². The molecule has 6 nitrogen and oxygen atoms in total. The largest absolute Gasteiger partial charge is 0.374 e. The van der Waals surface area contributed by atoms with E-state index in [1.807, 2.05) is 11.8 Å². The Balaban J connectivity index is 1.41. The van der Waals surface area contributed by atoms with Crippen molar-refractivity contribution in [1.82, 2.24) is 19.9 Å². The minimum Gasteiger partial charge on any atom is -0.374 e. The number of carbonyl (C=O) groups is 1. The van der Waals surface area contributed by atoms with Crippen LogP contribution in [0.3, 0.4) is 0 Å². The van der Waals surface area contributed by atoms with Crippen molar-refractivity contribution in [2.24, 2.45) is 11.3 Å². The standard InChI is InChI=1S/C18H22N4O2S/c1-13-21-15(10-25-13)9-24-12-18-4-2-3-14(18)8-22(11-18)17(23)16-7-19-5-6-20-16/h5-7,10,14H,2-4,8-9,11-12H2,1H3/t14-,18+/m0/s1. The molecule has 2 aliphatic rings. The van der Waals surface area contributed by atoms with Gasteiger partial charge in [0, 0.05) is 36.3 Å². The summed E-state index contributed by atoms with van der Waals surface area (Å²) in [5.41, 5.74) is 1.51. The predicted octanol–water partition coefficient (Wildman–Crippen LogP) is 2.70. The van der Waals surface area contributed by atoms with E-state index < -0.39 is 0 Å². The van der Waals surface area contributed by atoms with Gasteiger partial charge in [0.05, 0.1) is 30.1 Å². The van der Waals surface area contributed by atoms with Gasteiger partial charge in [-0.15, -0.1) is 11.3 Å². The highest BCUT2D eigenvalue weighted by atomic mass is 32.1. The zero-order chi connectivity index (χ0) is 17.3. The van der Waals surface area contributed by atoms with E-state index in [2.05, 4.69) is 20.3 Å². The molecule has 4 rings (SSSR count). The lowest BCUT2D eigenvalue weighted by Gasteiger charge is -2.28. The molecule has 1 aliphatic carbocycles. The maximum Gasteiger partial charge on any atom is 0.274 e. The van der Waals surface area contributed by atoms with Gasteiger partial charge in [-0.1, -0.05) is 6.42 Å². The molecule has 2 aromatic heterocycles. The van der Waals surface area contributed by atoms with E-state index >= 15 is 0 Å². The lowest BCUT2D eigenvalue weighted by molar-refractivity contribution is 0.0253. The van der Waals surface area contributed by atoms with Crippen LogP contribution < -0.4 is 0 Å². The van der Waals surface area contributed by atoms with Crippen molar-refractivity contribution < 1.29 is 9.53 Å². The number of ether oxygens (including phenoxy) is 1. The fourth-order valence-corrected chi connectivity index (χ4v) is 4.81. The van der Waals surface area contributed by atoms with Crippen molar-refractivity contribution in [2.75, 3.05) is 19.7 Å². The zero-order valence-electron chi connectivity index (χ0n) is 14.4. The van der Waals surface area contributed by atoms with Gasteiger partial charge in [0.1, 0.15) is 5.69 Å². The van der Waals surface area contributed by atoms with Crippen molar-refractivity contribution in [2.45, 2.75) is 32.8 Å². The van der Waals surface area contributed by atoms with Gasteiger partial charge in [-0.3, -0.25) is 9.78 Å². The van der Waals surface area contributed by atoms with Crippen LogP contribution in [0.2, 0.25) is 0 Å². The van der Waals surface area contributed by atoms with E-state index in [-0.39, 0.29) is 11.3 Å². The average molecular weight is 358 g/mol. The summed E-state index contributed by atoms with van der Waals surface area (Å²) in [4.78, 5) is 27.2. The molecule has 132 valence electrons. The van der Waals surface area contributed by atoms with Crippen LogP contribution in [0.5, 0.6) is 0 Å². The highest BCUT2D eigenvalue weighted by Gasteiger charge is 2.50. The fraction of sp³-hybridized carbons (Fsp3) is 0.556. The average Bonchev–Trinajstić information content (AvgIpc) is 3.29. The molecule has 0 radical (unpaired) electrons. The molecule has 2 aromatic rings. The van der Waals surface area contributed by atoms with Crippen LogP contribution >= 0.6 is 11.3 Å². The first kappa shape index (κ1) is 16.6. The number of likely N-dealkylation sites (tertiary alicyclic amines) is 1. The molecule has 1 saturated carbocycles. The van der Waals surface area contributed by atoms with E-state index in [1.165, 1.54) is 12.8 Å². The molecule has 0 aromatic carbocycles. The molecule has 2 atom stereocenters. The molecule has 1 aliphatic heterocycles. The number of amides is 1. The molecule has 1 amide bonds. The Morgan fingerprint density at radius 2 is 2.40 bits per heavy atom. The van der Waals surface area contributed by atoms with Gasteiger partial charge < -0.3 is 9.64 Å². The molecule has 25 heavy (non-hydrogen) atoms. The summed E-state index contributed by atoms with van der Waals surface area (Å²) in [5.74, 6) is 0.502. The minimum absolute atomic E-state index is 0.0167. The first-order chi connectivity index (χ1) is 12.2. The smallest absolute Gasteiger partial charge is 0.274 e. The highest BCUT2D eigenvalue weighted by Crippen LogP contribution is 2.49. The Morgan fingerprint density at radius 3 is 3.16 bits per heavy atom. The number of carbonyl (C=O) groups excluding carboxylic acids is 1. The second-order valence-corrected chi connectivity index (χ2v) is 8.14. The third kappa shape index (κ3) is 3.30. The molecular weight excluding hydrogens is 336 g/mol. The SMILES string of the molecule is Cc1nc(COC[C@]23CCC[C@H]2CN(C(=O)c2cnccn2)C3)cs1. The van der Waals surface area contributed by atoms with E-state index in [0.29, 0.717) is 24.8 Å². The van der Waals surface area contributed by atoms with Crippen LogP contribution in [0.4, 0.5) is 0 Å². The summed E-state index contributed by atoms with van der Waals surface area (Å²) < 4.78 is 6.03. The molecule has 0 bridgehead atoms. The van der Waals surface area contributed by atoms with Crippen LogP contribution in [-0.2, 0) is 11.3 Å². The van der Waals surface area contributed by atoms with Crippen LogP contribution in [0.1, 0.15) is 40.5 Å². The van der Waals surface area contributed by atoms with Gasteiger partial charge in [0.2, 0.25) is 0 Å². The molecule has 7 heteroatoms. The number of hydrogen-bond donors (Lipinski definition) is 0. The van der Waals surface area contributed by atoms with Crippen molar-refractivity contribution in [3.8, 4) is 0 Å². The Kier molecular flexibility index (Phi) is 4.52. The van der Waals surface area contributed by atoms with Gasteiger partial charge in [-0.05, 0) is 25.7 Å². The third-order valence-electron chi connectivity index (χ3n) is 5.42. The predicted molar refractivity (Wildman–Crippen MR) is 94.2 cm³/mol. The summed E-state index contributed by atoms with van der Waals surface area (Å²) in [6.45, 7) is 4.81. The number of hydrogen-bond acceptors (Lipinski definition) is 6. The van der Waals surface area contributed by atoms with E-state index in [1.54, 1.807) is 29.9 Å². The summed E-state index contributed by atoms with van der Waals surface area (Å²) in [6.07, 6.45) is 8.21. The molecule has 0 spiro atoms.